The highest BCUT2D eigenvalue weighted by Gasteiger charge is 2.13. The maximum Gasteiger partial charge on any atom is 0.0314 e. The van der Waals surface area contributed by atoms with E-state index in [2.05, 4.69) is 17.4 Å². The third-order valence-electron chi connectivity index (χ3n) is 3.18. The van der Waals surface area contributed by atoms with Crippen molar-refractivity contribution >= 4 is 5.69 Å². The van der Waals surface area contributed by atoms with Crippen LogP contribution in [0.1, 0.15) is 31.2 Å². The third kappa shape index (κ3) is 3.24. The maximum absolute atomic E-state index is 5.64. The number of benzene rings is 1. The number of nitrogens with two attached hydrogens (primary N) is 1. The van der Waals surface area contributed by atoms with Crippen LogP contribution in [0.2, 0.25) is 0 Å². The largest absolute Gasteiger partial charge is 0.399 e. The van der Waals surface area contributed by atoms with Gasteiger partial charge in [0, 0.05) is 11.7 Å². The smallest absolute Gasteiger partial charge is 0.0314 e. The number of anilines is 1. The Morgan fingerprint density at radius 1 is 1.13 bits per heavy atom. The van der Waals surface area contributed by atoms with Gasteiger partial charge in [0.05, 0.1) is 0 Å². The fourth-order valence-corrected chi connectivity index (χ4v) is 2.23. The van der Waals surface area contributed by atoms with E-state index in [1.165, 1.54) is 31.2 Å². The Morgan fingerprint density at radius 3 is 2.47 bits per heavy atom. The van der Waals surface area contributed by atoms with Gasteiger partial charge in [-0.1, -0.05) is 25.0 Å². The van der Waals surface area contributed by atoms with Crippen LogP contribution in [0.5, 0.6) is 0 Å². The lowest BCUT2D eigenvalue weighted by molar-refractivity contribution is 0.528. The van der Waals surface area contributed by atoms with Gasteiger partial charge in [-0.15, -0.1) is 0 Å². The van der Waals surface area contributed by atoms with Crippen molar-refractivity contribution in [3.05, 3.63) is 29.8 Å². The number of hydrogen-bond acceptors (Lipinski definition) is 2. The summed E-state index contributed by atoms with van der Waals surface area (Å²) in [5.41, 5.74) is 7.86. The normalized spacial score (nSPS) is 17.1. The Bertz CT molecular complexity index is 286. The number of hydrogen-bond donors (Lipinski definition) is 2. The van der Waals surface area contributed by atoms with E-state index in [0.29, 0.717) is 0 Å². The molecular weight excluding hydrogens is 184 g/mol. The second kappa shape index (κ2) is 5.17. The Morgan fingerprint density at radius 2 is 1.80 bits per heavy atom. The van der Waals surface area contributed by atoms with Crippen molar-refractivity contribution in [1.29, 1.82) is 0 Å². The van der Waals surface area contributed by atoms with Gasteiger partial charge in [0.15, 0.2) is 0 Å². The van der Waals surface area contributed by atoms with Gasteiger partial charge in [-0.25, -0.2) is 0 Å². The monoisotopic (exact) mass is 204 g/mol. The third-order valence-corrected chi connectivity index (χ3v) is 3.18. The Hall–Kier alpha value is -1.02. The summed E-state index contributed by atoms with van der Waals surface area (Å²) in [4.78, 5) is 0. The van der Waals surface area contributed by atoms with Gasteiger partial charge in [0.1, 0.15) is 0 Å². The van der Waals surface area contributed by atoms with Crippen LogP contribution in [0.15, 0.2) is 24.3 Å². The summed E-state index contributed by atoms with van der Waals surface area (Å²) in [6.07, 6.45) is 6.64. The Kier molecular flexibility index (Phi) is 3.62. The summed E-state index contributed by atoms with van der Waals surface area (Å²) in [7, 11) is 0. The summed E-state index contributed by atoms with van der Waals surface area (Å²) in [6, 6.07) is 8.96. The van der Waals surface area contributed by atoms with Crippen LogP contribution in [0.4, 0.5) is 5.69 Å². The average molecular weight is 204 g/mol. The van der Waals surface area contributed by atoms with E-state index in [9.17, 15) is 0 Å². The molecule has 0 spiro atoms. The molecule has 0 aromatic heterocycles. The molecule has 2 rings (SSSR count). The highest BCUT2D eigenvalue weighted by atomic mass is 14.9. The summed E-state index contributed by atoms with van der Waals surface area (Å²) in [5, 5.41) is 3.61. The molecule has 0 aliphatic heterocycles. The Labute approximate surface area is 91.9 Å². The van der Waals surface area contributed by atoms with Gasteiger partial charge in [-0.3, -0.25) is 0 Å². The predicted octanol–water partition coefficient (Wildman–Crippen LogP) is 2.34. The molecule has 0 radical (unpaired) electrons. The number of nitrogens with one attached hydrogen (secondary N) is 1. The summed E-state index contributed by atoms with van der Waals surface area (Å²) in [6.45, 7) is 1.09. The average Bonchev–Trinajstić information content (AvgIpc) is 2.74. The minimum atomic E-state index is 0.777. The lowest BCUT2D eigenvalue weighted by Gasteiger charge is -2.11. The molecule has 0 bridgehead atoms. The first-order chi connectivity index (χ1) is 7.34. The summed E-state index contributed by atoms with van der Waals surface area (Å²) in [5.74, 6) is 0. The molecule has 1 aliphatic carbocycles. The molecule has 1 fully saturated rings. The van der Waals surface area contributed by atoms with Crippen molar-refractivity contribution < 1.29 is 0 Å². The van der Waals surface area contributed by atoms with Gasteiger partial charge in [0.2, 0.25) is 0 Å². The van der Waals surface area contributed by atoms with Crippen molar-refractivity contribution in [2.24, 2.45) is 0 Å². The van der Waals surface area contributed by atoms with Crippen LogP contribution in [0.3, 0.4) is 0 Å². The molecule has 15 heavy (non-hydrogen) atoms. The van der Waals surface area contributed by atoms with E-state index in [-0.39, 0.29) is 0 Å². The molecule has 1 aromatic rings. The van der Waals surface area contributed by atoms with Crippen LogP contribution < -0.4 is 11.1 Å². The van der Waals surface area contributed by atoms with Crippen molar-refractivity contribution in [2.75, 3.05) is 12.3 Å². The molecular formula is C13H20N2. The molecule has 2 nitrogen and oxygen atoms in total. The van der Waals surface area contributed by atoms with Gasteiger partial charge >= 0.3 is 0 Å². The molecule has 1 aromatic carbocycles. The minimum absolute atomic E-state index is 0.777. The van der Waals surface area contributed by atoms with Crippen molar-refractivity contribution in [3.8, 4) is 0 Å². The van der Waals surface area contributed by atoms with Gasteiger partial charge < -0.3 is 11.1 Å². The molecule has 2 heteroatoms. The second-order valence-corrected chi connectivity index (χ2v) is 4.43. The van der Waals surface area contributed by atoms with E-state index in [4.69, 9.17) is 5.73 Å². The fourth-order valence-electron chi connectivity index (χ4n) is 2.23. The summed E-state index contributed by atoms with van der Waals surface area (Å²) >= 11 is 0. The molecule has 0 unspecified atom stereocenters. The molecule has 3 N–H and O–H groups in total. The van der Waals surface area contributed by atoms with Gasteiger partial charge in [0.25, 0.3) is 0 Å². The van der Waals surface area contributed by atoms with Gasteiger partial charge in [-0.2, -0.15) is 0 Å². The molecule has 1 aliphatic rings. The highest BCUT2D eigenvalue weighted by Crippen LogP contribution is 2.17. The Balaban J connectivity index is 1.71. The first kappa shape index (κ1) is 10.5. The molecule has 0 amide bonds. The van der Waals surface area contributed by atoms with Crippen LogP contribution in [-0.4, -0.2) is 12.6 Å². The second-order valence-electron chi connectivity index (χ2n) is 4.43. The molecule has 0 saturated heterocycles. The minimum Gasteiger partial charge on any atom is -0.399 e. The number of rotatable bonds is 4. The van der Waals surface area contributed by atoms with Crippen molar-refractivity contribution in [3.63, 3.8) is 0 Å². The fraction of sp³-hybridized carbons (Fsp3) is 0.538. The summed E-state index contributed by atoms with van der Waals surface area (Å²) < 4.78 is 0. The lowest BCUT2D eigenvalue weighted by Crippen LogP contribution is -2.27. The van der Waals surface area contributed by atoms with E-state index in [1.54, 1.807) is 0 Å². The van der Waals surface area contributed by atoms with E-state index >= 15 is 0 Å². The first-order valence-corrected chi connectivity index (χ1v) is 5.92. The SMILES string of the molecule is Nc1ccc(CCNC2CCCC2)cc1. The molecule has 82 valence electrons. The number of nitrogen functional groups attached to an aromatic ring is 1. The van der Waals surface area contributed by atoms with Crippen LogP contribution >= 0.6 is 0 Å². The van der Waals surface area contributed by atoms with Crippen molar-refractivity contribution in [1.82, 2.24) is 5.32 Å². The topological polar surface area (TPSA) is 38.0 Å². The van der Waals surface area contributed by atoms with Crippen LogP contribution in [0.25, 0.3) is 0 Å². The molecule has 1 saturated carbocycles. The highest BCUT2D eigenvalue weighted by molar-refractivity contribution is 5.39. The zero-order valence-electron chi connectivity index (χ0n) is 9.21. The standard InChI is InChI=1S/C13H20N2/c14-12-7-5-11(6-8-12)9-10-15-13-3-1-2-4-13/h5-8,13,15H,1-4,9-10,14H2. The van der Waals surface area contributed by atoms with Crippen molar-refractivity contribution in [2.45, 2.75) is 38.1 Å². The van der Waals surface area contributed by atoms with Crippen LogP contribution in [-0.2, 0) is 6.42 Å². The quantitative estimate of drug-likeness (QED) is 0.739. The maximum atomic E-state index is 5.64. The molecule has 0 atom stereocenters. The lowest BCUT2D eigenvalue weighted by atomic mass is 10.1. The van der Waals surface area contributed by atoms with E-state index in [0.717, 1.165) is 24.7 Å². The zero-order valence-corrected chi connectivity index (χ0v) is 9.21. The van der Waals surface area contributed by atoms with E-state index in [1.807, 2.05) is 12.1 Å². The predicted molar refractivity (Wildman–Crippen MR) is 64.8 cm³/mol. The van der Waals surface area contributed by atoms with Gasteiger partial charge in [-0.05, 0) is 43.5 Å². The molecule has 0 heterocycles. The van der Waals surface area contributed by atoms with Crippen LogP contribution in [0, 0.1) is 0 Å². The van der Waals surface area contributed by atoms with E-state index < -0.39 is 0 Å². The zero-order chi connectivity index (χ0) is 10.5. The first-order valence-electron chi connectivity index (χ1n) is 5.92.